The van der Waals surface area contributed by atoms with Crippen LogP contribution >= 0.6 is 0 Å². The molecule has 2 N–H and O–H groups in total. The molecule has 3 aliphatic rings. The van der Waals surface area contributed by atoms with Crippen molar-refractivity contribution in [3.8, 4) is 5.75 Å². The standard InChI is InChI=1S/C25H27N5O4/c1-4-30-22-17(23(31)29(3)21-9-6-11-27-25(21,30)2)13-16(14-26-22)10-12-33-20-8-5-7-19-18(20)15-34-24(32)28-19/h5-9,11,13-14,27H,4,10,12,15H2,1-3H3,(H,28,32). The molecule has 176 valence electrons. The second kappa shape index (κ2) is 8.40. The highest BCUT2D eigenvalue weighted by Gasteiger charge is 2.44. The second-order valence-electron chi connectivity index (χ2n) is 8.53. The maximum atomic E-state index is 13.4. The number of carbonyl (C=O) groups excluding carboxylic acids is 2. The van der Waals surface area contributed by atoms with Crippen LogP contribution in [0, 0.1) is 0 Å². The lowest BCUT2D eigenvalue weighted by atomic mass is 10.0. The SMILES string of the molecule is CCN1c2ncc(CCOc3cccc4c3COC(=O)N4)cc2C(=O)N(C)C2=CC=CNC21C. The number of ether oxygens (including phenoxy) is 2. The molecule has 0 aliphatic carbocycles. The Bertz CT molecular complexity index is 1220. The molecule has 0 spiro atoms. The number of anilines is 2. The number of carbonyl (C=O) groups is 2. The summed E-state index contributed by atoms with van der Waals surface area (Å²) in [7, 11) is 1.80. The van der Waals surface area contributed by atoms with Crippen LogP contribution in [0.5, 0.6) is 5.75 Å². The quantitative estimate of drug-likeness (QED) is 0.705. The first-order chi connectivity index (χ1) is 16.4. The van der Waals surface area contributed by atoms with Crippen molar-refractivity contribution in [3.63, 3.8) is 0 Å². The minimum Gasteiger partial charge on any atom is -0.493 e. The molecular formula is C25H27N5O4. The number of nitrogens with one attached hydrogen (secondary N) is 2. The Kier molecular flexibility index (Phi) is 5.39. The maximum Gasteiger partial charge on any atom is 0.411 e. The Balaban J connectivity index is 1.38. The molecule has 2 aromatic rings. The summed E-state index contributed by atoms with van der Waals surface area (Å²) in [5.74, 6) is 1.22. The Morgan fingerprint density at radius 1 is 1.29 bits per heavy atom. The number of hydrogen-bond acceptors (Lipinski definition) is 7. The number of amides is 2. The van der Waals surface area contributed by atoms with Gasteiger partial charge in [-0.2, -0.15) is 0 Å². The number of aromatic nitrogens is 1. The van der Waals surface area contributed by atoms with Crippen molar-refractivity contribution in [2.24, 2.45) is 0 Å². The molecule has 2 amide bonds. The third kappa shape index (κ3) is 3.53. The van der Waals surface area contributed by atoms with Gasteiger partial charge in [0.05, 0.1) is 29.1 Å². The summed E-state index contributed by atoms with van der Waals surface area (Å²) in [4.78, 5) is 33.4. The number of benzene rings is 1. The zero-order chi connectivity index (χ0) is 23.9. The van der Waals surface area contributed by atoms with Crippen LogP contribution in [0.1, 0.15) is 35.3 Å². The van der Waals surface area contributed by atoms with E-state index in [4.69, 9.17) is 14.5 Å². The first-order valence-electron chi connectivity index (χ1n) is 11.3. The van der Waals surface area contributed by atoms with Crippen molar-refractivity contribution < 1.29 is 19.1 Å². The van der Waals surface area contributed by atoms with Crippen molar-refractivity contribution in [2.75, 3.05) is 30.4 Å². The zero-order valence-corrected chi connectivity index (χ0v) is 19.4. The second-order valence-corrected chi connectivity index (χ2v) is 8.53. The molecule has 1 aromatic carbocycles. The van der Waals surface area contributed by atoms with Gasteiger partial charge in [-0.1, -0.05) is 6.07 Å². The fraction of sp³-hybridized carbons (Fsp3) is 0.320. The molecular weight excluding hydrogens is 434 g/mol. The van der Waals surface area contributed by atoms with E-state index in [2.05, 4.69) is 29.4 Å². The zero-order valence-electron chi connectivity index (χ0n) is 19.4. The van der Waals surface area contributed by atoms with Crippen molar-refractivity contribution in [3.05, 3.63) is 71.2 Å². The molecule has 0 radical (unpaired) electrons. The third-order valence-corrected chi connectivity index (χ3v) is 6.51. The van der Waals surface area contributed by atoms with Gasteiger partial charge in [0.1, 0.15) is 23.8 Å². The minimum atomic E-state index is -0.583. The number of rotatable bonds is 5. The molecule has 5 rings (SSSR count). The predicted octanol–water partition coefficient (Wildman–Crippen LogP) is 3.39. The molecule has 9 heteroatoms. The predicted molar refractivity (Wildman–Crippen MR) is 128 cm³/mol. The van der Waals surface area contributed by atoms with Gasteiger partial charge in [-0.25, -0.2) is 9.78 Å². The van der Waals surface area contributed by atoms with Crippen LogP contribution in [0.15, 0.2) is 54.5 Å². The van der Waals surface area contributed by atoms with Gasteiger partial charge in [0.25, 0.3) is 5.91 Å². The number of dihydropyridines is 1. The smallest absolute Gasteiger partial charge is 0.411 e. The van der Waals surface area contributed by atoms with E-state index in [0.29, 0.717) is 42.4 Å². The van der Waals surface area contributed by atoms with Gasteiger partial charge in [-0.05, 0) is 56.0 Å². The highest BCUT2D eigenvalue weighted by Crippen LogP contribution is 2.37. The van der Waals surface area contributed by atoms with Gasteiger partial charge < -0.3 is 24.6 Å². The number of allylic oxidation sites excluding steroid dienone is 2. The van der Waals surface area contributed by atoms with Crippen LogP contribution in [0.25, 0.3) is 0 Å². The van der Waals surface area contributed by atoms with Crippen LogP contribution in [0.2, 0.25) is 0 Å². The molecule has 1 aromatic heterocycles. The molecule has 1 atom stereocenters. The number of cyclic esters (lactones) is 1. The average Bonchev–Trinajstić information content (AvgIpc) is 2.90. The Morgan fingerprint density at radius 3 is 2.97 bits per heavy atom. The molecule has 34 heavy (non-hydrogen) atoms. The lowest BCUT2D eigenvalue weighted by Gasteiger charge is -2.44. The molecule has 0 saturated heterocycles. The summed E-state index contributed by atoms with van der Waals surface area (Å²) in [6.07, 6.45) is 7.66. The van der Waals surface area contributed by atoms with Gasteiger partial charge >= 0.3 is 6.09 Å². The van der Waals surface area contributed by atoms with Gasteiger partial charge in [0.15, 0.2) is 0 Å². The van der Waals surface area contributed by atoms with Crippen molar-refractivity contribution in [2.45, 2.75) is 32.5 Å². The Morgan fingerprint density at radius 2 is 2.15 bits per heavy atom. The van der Waals surface area contributed by atoms with E-state index in [0.717, 1.165) is 16.8 Å². The molecule has 0 fully saturated rings. The molecule has 0 saturated carbocycles. The van der Waals surface area contributed by atoms with E-state index < -0.39 is 11.8 Å². The monoisotopic (exact) mass is 461 g/mol. The summed E-state index contributed by atoms with van der Waals surface area (Å²) in [6.45, 7) is 5.35. The molecule has 1 unspecified atom stereocenters. The lowest BCUT2D eigenvalue weighted by Crippen LogP contribution is -2.59. The fourth-order valence-corrected chi connectivity index (χ4v) is 4.75. The van der Waals surface area contributed by atoms with Crippen LogP contribution in [0.3, 0.4) is 0 Å². The molecule has 3 aliphatic heterocycles. The highest BCUT2D eigenvalue weighted by molar-refractivity contribution is 6.01. The summed E-state index contributed by atoms with van der Waals surface area (Å²) in [6, 6.07) is 7.41. The topological polar surface area (TPSA) is 96.0 Å². The van der Waals surface area contributed by atoms with Crippen molar-refractivity contribution >= 4 is 23.5 Å². The Labute approximate surface area is 198 Å². The van der Waals surface area contributed by atoms with Gasteiger partial charge in [0.2, 0.25) is 0 Å². The van der Waals surface area contributed by atoms with Crippen molar-refractivity contribution in [1.29, 1.82) is 0 Å². The largest absolute Gasteiger partial charge is 0.493 e. The summed E-state index contributed by atoms with van der Waals surface area (Å²) < 4.78 is 11.1. The number of hydrogen-bond donors (Lipinski definition) is 2. The normalized spacial score (nSPS) is 20.7. The van der Waals surface area contributed by atoms with E-state index in [9.17, 15) is 9.59 Å². The van der Waals surface area contributed by atoms with Crippen molar-refractivity contribution in [1.82, 2.24) is 15.2 Å². The van der Waals surface area contributed by atoms with Gasteiger partial charge in [-0.3, -0.25) is 10.1 Å². The average molecular weight is 462 g/mol. The maximum absolute atomic E-state index is 13.4. The number of fused-ring (bicyclic) bond motifs is 3. The number of pyridine rings is 1. The first kappa shape index (κ1) is 21.8. The molecule has 4 heterocycles. The minimum absolute atomic E-state index is 0.0965. The van der Waals surface area contributed by atoms with Crippen LogP contribution < -0.4 is 20.3 Å². The van der Waals surface area contributed by atoms with E-state index in [1.54, 1.807) is 18.1 Å². The third-order valence-electron chi connectivity index (χ3n) is 6.51. The first-order valence-corrected chi connectivity index (χ1v) is 11.3. The summed E-state index contributed by atoms with van der Waals surface area (Å²) in [5.41, 5.74) is 3.26. The van der Waals surface area contributed by atoms with E-state index in [-0.39, 0.29) is 12.5 Å². The molecule has 0 bridgehead atoms. The highest BCUT2D eigenvalue weighted by atomic mass is 16.6. The van der Waals surface area contributed by atoms with Gasteiger partial charge in [-0.15, -0.1) is 0 Å². The lowest BCUT2D eigenvalue weighted by molar-refractivity contribution is 0.0822. The van der Waals surface area contributed by atoms with E-state index in [1.165, 1.54) is 0 Å². The molecule has 9 nitrogen and oxygen atoms in total. The summed E-state index contributed by atoms with van der Waals surface area (Å²) >= 11 is 0. The van der Waals surface area contributed by atoms with E-state index >= 15 is 0 Å². The fourth-order valence-electron chi connectivity index (χ4n) is 4.75. The van der Waals surface area contributed by atoms with Gasteiger partial charge in [0, 0.05) is 26.2 Å². The number of likely N-dealkylation sites (N-methyl/N-ethyl adjacent to an activating group) is 2. The number of nitrogens with zero attached hydrogens (tertiary/aromatic N) is 3. The van der Waals surface area contributed by atoms with Crippen LogP contribution in [-0.2, 0) is 17.8 Å². The summed E-state index contributed by atoms with van der Waals surface area (Å²) in [5, 5.41) is 6.09. The van der Waals surface area contributed by atoms with Crippen LogP contribution in [-0.4, -0.2) is 47.7 Å². The Hall–Kier alpha value is -4.01. The van der Waals surface area contributed by atoms with E-state index in [1.807, 2.05) is 42.6 Å². The van der Waals surface area contributed by atoms with Crippen LogP contribution in [0.4, 0.5) is 16.3 Å².